The molecule has 62 valence electrons. The fourth-order valence-electron chi connectivity index (χ4n) is 0.934. The summed E-state index contributed by atoms with van der Waals surface area (Å²) in [5.74, 6) is 0.763. The van der Waals surface area contributed by atoms with Crippen LogP contribution in [0.4, 0.5) is 11.6 Å². The second-order valence-electron chi connectivity index (χ2n) is 2.22. The Morgan fingerprint density at radius 1 is 1.55 bits per heavy atom. The summed E-state index contributed by atoms with van der Waals surface area (Å²) in [5, 5.41) is 12.7. The van der Waals surface area contributed by atoms with Crippen molar-refractivity contribution in [3.8, 4) is 0 Å². The molecule has 5 heteroatoms. The summed E-state index contributed by atoms with van der Waals surface area (Å²) in [6, 6.07) is 0. The Hall–Kier alpha value is -1.23. The molecule has 0 amide bonds. The molecule has 5 nitrogen and oxygen atoms in total. The molecule has 0 aliphatic rings. The molecule has 0 saturated carbocycles. The van der Waals surface area contributed by atoms with E-state index in [9.17, 15) is 0 Å². The van der Waals surface area contributed by atoms with E-state index in [0.717, 1.165) is 0 Å². The van der Waals surface area contributed by atoms with Crippen LogP contribution < -0.4 is 11.5 Å². The summed E-state index contributed by atoms with van der Waals surface area (Å²) in [6.45, 7) is 2.41. The smallest absolute Gasteiger partial charge is 0.153 e. The highest BCUT2D eigenvalue weighted by Crippen LogP contribution is 2.17. The number of hydrogen-bond donors (Lipinski definition) is 3. The van der Waals surface area contributed by atoms with Crippen molar-refractivity contribution >= 4 is 11.6 Å². The molecule has 0 atom stereocenters. The van der Waals surface area contributed by atoms with E-state index in [1.54, 1.807) is 4.68 Å². The molecule has 1 heterocycles. The Labute approximate surface area is 64.6 Å². The number of aliphatic hydroxyl groups excluding tert-OH is 1. The van der Waals surface area contributed by atoms with Gasteiger partial charge in [-0.3, -0.25) is 0 Å². The first kappa shape index (κ1) is 7.87. The zero-order valence-electron chi connectivity index (χ0n) is 6.41. The second kappa shape index (κ2) is 2.79. The molecule has 1 aromatic heterocycles. The molecular formula is C6H12N4O. The Kier molecular flexibility index (Phi) is 2.00. The first-order valence-electron chi connectivity index (χ1n) is 3.42. The van der Waals surface area contributed by atoms with E-state index >= 15 is 0 Å². The Morgan fingerprint density at radius 3 is 2.45 bits per heavy atom. The van der Waals surface area contributed by atoms with Gasteiger partial charge in [0.2, 0.25) is 0 Å². The minimum Gasteiger partial charge on any atom is -0.391 e. The molecule has 0 aliphatic carbocycles. The van der Waals surface area contributed by atoms with Crippen LogP contribution in [0, 0.1) is 0 Å². The highest BCUT2D eigenvalue weighted by molar-refractivity contribution is 5.53. The van der Waals surface area contributed by atoms with Gasteiger partial charge in [0, 0.05) is 6.54 Å². The second-order valence-corrected chi connectivity index (χ2v) is 2.22. The van der Waals surface area contributed by atoms with Crippen molar-refractivity contribution < 1.29 is 5.11 Å². The van der Waals surface area contributed by atoms with E-state index < -0.39 is 0 Å². The van der Waals surface area contributed by atoms with Gasteiger partial charge < -0.3 is 16.6 Å². The molecule has 0 radical (unpaired) electrons. The topological polar surface area (TPSA) is 90.1 Å². The van der Waals surface area contributed by atoms with Gasteiger partial charge in [-0.2, -0.15) is 5.10 Å². The van der Waals surface area contributed by atoms with Crippen molar-refractivity contribution in [1.29, 1.82) is 0 Å². The number of aliphatic hydroxyl groups is 1. The van der Waals surface area contributed by atoms with Crippen molar-refractivity contribution in [2.24, 2.45) is 0 Å². The number of aromatic nitrogens is 2. The van der Waals surface area contributed by atoms with Crippen LogP contribution in [0.5, 0.6) is 0 Å². The van der Waals surface area contributed by atoms with Gasteiger partial charge >= 0.3 is 0 Å². The molecule has 5 N–H and O–H groups in total. The fourth-order valence-corrected chi connectivity index (χ4v) is 0.934. The Morgan fingerprint density at radius 2 is 2.18 bits per heavy atom. The van der Waals surface area contributed by atoms with Gasteiger partial charge in [0.15, 0.2) is 5.82 Å². The Bertz CT molecular complexity index is 255. The van der Waals surface area contributed by atoms with E-state index in [0.29, 0.717) is 23.7 Å². The highest BCUT2D eigenvalue weighted by Gasteiger charge is 2.09. The van der Waals surface area contributed by atoms with Crippen LogP contribution >= 0.6 is 0 Å². The number of hydrogen-bond acceptors (Lipinski definition) is 4. The molecule has 1 aromatic rings. The minimum atomic E-state index is -0.155. The summed E-state index contributed by atoms with van der Waals surface area (Å²) >= 11 is 0. The normalized spacial score (nSPS) is 10.4. The van der Waals surface area contributed by atoms with Crippen LogP contribution in [0.3, 0.4) is 0 Å². The fraction of sp³-hybridized carbons (Fsp3) is 0.500. The number of nitrogen functional groups attached to an aromatic ring is 2. The first-order chi connectivity index (χ1) is 5.20. The van der Waals surface area contributed by atoms with E-state index in [-0.39, 0.29) is 6.61 Å². The summed E-state index contributed by atoms with van der Waals surface area (Å²) in [4.78, 5) is 0. The molecular weight excluding hydrogens is 144 g/mol. The van der Waals surface area contributed by atoms with Gasteiger partial charge in [0.05, 0.1) is 12.2 Å². The van der Waals surface area contributed by atoms with Crippen LogP contribution in [0.2, 0.25) is 0 Å². The summed E-state index contributed by atoms with van der Waals surface area (Å²) in [5.41, 5.74) is 11.6. The van der Waals surface area contributed by atoms with Crippen LogP contribution in [-0.2, 0) is 13.2 Å². The SMILES string of the molecule is CCn1nc(N)c(CO)c1N. The lowest BCUT2D eigenvalue weighted by molar-refractivity contribution is 0.283. The van der Waals surface area contributed by atoms with Crippen LogP contribution in [0.25, 0.3) is 0 Å². The zero-order valence-corrected chi connectivity index (χ0v) is 6.41. The maximum Gasteiger partial charge on any atom is 0.153 e. The van der Waals surface area contributed by atoms with Crippen molar-refractivity contribution in [1.82, 2.24) is 9.78 Å². The van der Waals surface area contributed by atoms with E-state index in [1.165, 1.54) is 0 Å². The van der Waals surface area contributed by atoms with Crippen molar-refractivity contribution in [2.45, 2.75) is 20.1 Å². The Balaban J connectivity index is 3.14. The largest absolute Gasteiger partial charge is 0.391 e. The standard InChI is InChI=1S/C6H12N4O/c1-2-10-6(8)4(3-11)5(7)9-10/h11H,2-3,8H2,1H3,(H2,7,9). The molecule has 0 bridgehead atoms. The third kappa shape index (κ3) is 1.14. The molecule has 0 saturated heterocycles. The van der Waals surface area contributed by atoms with Gasteiger partial charge in [-0.1, -0.05) is 0 Å². The third-order valence-electron chi connectivity index (χ3n) is 1.58. The van der Waals surface area contributed by atoms with E-state index in [4.69, 9.17) is 16.6 Å². The number of aryl methyl sites for hydroxylation is 1. The molecule has 0 aliphatic heterocycles. The molecule has 11 heavy (non-hydrogen) atoms. The molecule has 1 rings (SSSR count). The molecule has 0 spiro atoms. The predicted molar refractivity (Wildman–Crippen MR) is 42.6 cm³/mol. The first-order valence-corrected chi connectivity index (χ1v) is 3.42. The lowest BCUT2D eigenvalue weighted by atomic mass is 10.3. The average molecular weight is 156 g/mol. The summed E-state index contributed by atoms with van der Waals surface area (Å²) in [6.07, 6.45) is 0. The summed E-state index contributed by atoms with van der Waals surface area (Å²) < 4.78 is 1.56. The highest BCUT2D eigenvalue weighted by atomic mass is 16.3. The predicted octanol–water partition coefficient (Wildman–Crippen LogP) is -0.440. The lowest BCUT2D eigenvalue weighted by Crippen LogP contribution is -2.03. The summed E-state index contributed by atoms with van der Waals surface area (Å²) in [7, 11) is 0. The quantitative estimate of drug-likeness (QED) is 0.541. The number of rotatable bonds is 2. The number of anilines is 2. The van der Waals surface area contributed by atoms with Crippen molar-refractivity contribution in [3.63, 3.8) is 0 Å². The van der Waals surface area contributed by atoms with Gasteiger partial charge in [0.25, 0.3) is 0 Å². The van der Waals surface area contributed by atoms with Crippen molar-refractivity contribution in [3.05, 3.63) is 5.56 Å². The average Bonchev–Trinajstić information content (AvgIpc) is 2.26. The van der Waals surface area contributed by atoms with Crippen LogP contribution in [0.15, 0.2) is 0 Å². The minimum absolute atomic E-state index is 0.155. The zero-order chi connectivity index (χ0) is 8.43. The maximum absolute atomic E-state index is 8.79. The number of nitrogens with zero attached hydrogens (tertiary/aromatic N) is 2. The maximum atomic E-state index is 8.79. The van der Waals surface area contributed by atoms with Crippen molar-refractivity contribution in [2.75, 3.05) is 11.5 Å². The van der Waals surface area contributed by atoms with Crippen LogP contribution in [0.1, 0.15) is 12.5 Å². The van der Waals surface area contributed by atoms with E-state index in [2.05, 4.69) is 5.10 Å². The lowest BCUT2D eigenvalue weighted by Gasteiger charge is -1.97. The molecule has 0 unspecified atom stereocenters. The van der Waals surface area contributed by atoms with Gasteiger partial charge in [0.1, 0.15) is 5.82 Å². The monoisotopic (exact) mass is 156 g/mol. The van der Waals surface area contributed by atoms with Gasteiger partial charge in [-0.05, 0) is 6.92 Å². The third-order valence-corrected chi connectivity index (χ3v) is 1.58. The molecule has 0 aromatic carbocycles. The van der Waals surface area contributed by atoms with Gasteiger partial charge in [-0.25, -0.2) is 4.68 Å². The van der Waals surface area contributed by atoms with Gasteiger partial charge in [-0.15, -0.1) is 0 Å². The van der Waals surface area contributed by atoms with Crippen LogP contribution in [-0.4, -0.2) is 14.9 Å². The molecule has 0 fully saturated rings. The number of nitrogens with two attached hydrogens (primary N) is 2. The van der Waals surface area contributed by atoms with E-state index in [1.807, 2.05) is 6.92 Å².